The monoisotopic (exact) mass is 391 g/mol. The first-order chi connectivity index (χ1) is 12.7. The molecule has 138 valence electrons. The summed E-state index contributed by atoms with van der Waals surface area (Å²) in [5.41, 5.74) is 2.43. The minimum absolute atomic E-state index is 0.215. The largest absolute Gasteiger partial charge is 0.496 e. The fraction of sp³-hybridized carbons (Fsp3) is 0.350. The molecule has 0 bridgehead atoms. The van der Waals surface area contributed by atoms with Crippen LogP contribution in [0.5, 0.6) is 5.75 Å². The van der Waals surface area contributed by atoms with Gasteiger partial charge in [-0.1, -0.05) is 23.7 Å². The Labute approximate surface area is 163 Å². The molecular formula is C20H22ClNO3S. The number of benzene rings is 2. The van der Waals surface area contributed by atoms with E-state index in [4.69, 9.17) is 21.1 Å². The molecule has 1 fully saturated rings. The Kier molecular flexibility index (Phi) is 6.83. The molecule has 0 unspecified atom stereocenters. The van der Waals surface area contributed by atoms with Gasteiger partial charge in [-0.3, -0.25) is 4.79 Å². The van der Waals surface area contributed by atoms with Crippen molar-refractivity contribution < 1.29 is 14.3 Å². The number of methoxy groups -OCH3 is 1. The Hall–Kier alpha value is -1.69. The van der Waals surface area contributed by atoms with E-state index in [2.05, 4.69) is 11.4 Å². The van der Waals surface area contributed by atoms with Crippen LogP contribution >= 0.6 is 23.4 Å². The number of ether oxygens (including phenoxy) is 2. The Morgan fingerprint density at radius 2 is 2.08 bits per heavy atom. The van der Waals surface area contributed by atoms with E-state index in [-0.39, 0.29) is 5.91 Å². The molecule has 26 heavy (non-hydrogen) atoms. The highest BCUT2D eigenvalue weighted by molar-refractivity contribution is 7.99. The van der Waals surface area contributed by atoms with Crippen LogP contribution in [0.4, 0.5) is 5.69 Å². The molecule has 0 saturated carbocycles. The number of halogens is 1. The van der Waals surface area contributed by atoms with Crippen LogP contribution in [0.15, 0.2) is 42.5 Å². The molecule has 0 radical (unpaired) electrons. The molecule has 3 rings (SSSR count). The predicted octanol–water partition coefficient (Wildman–Crippen LogP) is 5.01. The molecule has 1 heterocycles. The van der Waals surface area contributed by atoms with Gasteiger partial charge < -0.3 is 14.8 Å². The molecule has 2 aromatic carbocycles. The highest BCUT2D eigenvalue weighted by Crippen LogP contribution is 2.27. The van der Waals surface area contributed by atoms with E-state index < -0.39 is 0 Å². The van der Waals surface area contributed by atoms with Gasteiger partial charge in [0.25, 0.3) is 5.91 Å². The summed E-state index contributed by atoms with van der Waals surface area (Å²) in [6.07, 6.45) is 2.22. The standard InChI is InChI=1S/C20H22ClNO3S/c1-24-19-12-15(21)5-6-18(19)20(23)22-16-4-2-3-14(11-16)13-26-17-7-9-25-10-8-17/h2-6,11-12,17H,7-10,13H2,1H3,(H,22,23). The van der Waals surface area contributed by atoms with Gasteiger partial charge in [0.05, 0.1) is 12.7 Å². The maximum absolute atomic E-state index is 12.6. The fourth-order valence-corrected chi connectivity index (χ4v) is 4.14. The molecule has 1 aliphatic heterocycles. The topological polar surface area (TPSA) is 47.6 Å². The van der Waals surface area contributed by atoms with Crippen LogP contribution in [0.1, 0.15) is 28.8 Å². The van der Waals surface area contributed by atoms with Crippen LogP contribution in [0.3, 0.4) is 0 Å². The van der Waals surface area contributed by atoms with Gasteiger partial charge in [-0.15, -0.1) is 0 Å². The van der Waals surface area contributed by atoms with Crippen molar-refractivity contribution in [1.82, 2.24) is 0 Å². The molecule has 6 heteroatoms. The third kappa shape index (κ3) is 5.16. The molecule has 0 aromatic heterocycles. The average Bonchev–Trinajstić information content (AvgIpc) is 2.67. The summed E-state index contributed by atoms with van der Waals surface area (Å²) >= 11 is 7.91. The van der Waals surface area contributed by atoms with Gasteiger partial charge in [-0.2, -0.15) is 11.8 Å². The SMILES string of the molecule is COc1cc(Cl)ccc1C(=O)Nc1cccc(CSC2CCOCC2)c1. The van der Waals surface area contributed by atoms with Gasteiger partial charge in [0.1, 0.15) is 5.75 Å². The number of nitrogens with one attached hydrogen (secondary N) is 1. The Morgan fingerprint density at radius 3 is 2.85 bits per heavy atom. The lowest BCUT2D eigenvalue weighted by Crippen LogP contribution is -2.17. The first-order valence-electron chi connectivity index (χ1n) is 8.59. The second-order valence-electron chi connectivity index (χ2n) is 6.12. The third-order valence-corrected chi connectivity index (χ3v) is 5.92. The number of carbonyl (C=O) groups is 1. The summed E-state index contributed by atoms with van der Waals surface area (Å²) in [5, 5.41) is 4.13. The lowest BCUT2D eigenvalue weighted by Gasteiger charge is -2.21. The van der Waals surface area contributed by atoms with Crippen molar-refractivity contribution in [1.29, 1.82) is 0 Å². The number of anilines is 1. The van der Waals surface area contributed by atoms with E-state index in [1.165, 1.54) is 12.7 Å². The lowest BCUT2D eigenvalue weighted by molar-refractivity contribution is 0.0999. The molecule has 0 spiro atoms. The van der Waals surface area contributed by atoms with Gasteiger partial charge >= 0.3 is 0 Å². The van der Waals surface area contributed by atoms with Gasteiger partial charge in [0.15, 0.2) is 0 Å². The van der Waals surface area contributed by atoms with Crippen LogP contribution in [0.2, 0.25) is 5.02 Å². The molecule has 1 N–H and O–H groups in total. The highest BCUT2D eigenvalue weighted by atomic mass is 35.5. The maximum atomic E-state index is 12.6. The second kappa shape index (κ2) is 9.31. The van der Waals surface area contributed by atoms with E-state index in [0.717, 1.165) is 37.5 Å². The zero-order valence-corrected chi connectivity index (χ0v) is 16.2. The molecule has 4 nitrogen and oxygen atoms in total. The summed E-state index contributed by atoms with van der Waals surface area (Å²) in [4.78, 5) is 12.6. The number of amides is 1. The number of thioether (sulfide) groups is 1. The van der Waals surface area contributed by atoms with Crippen molar-refractivity contribution in [2.45, 2.75) is 23.8 Å². The van der Waals surface area contributed by atoms with Gasteiger partial charge in [-0.05, 0) is 48.7 Å². The van der Waals surface area contributed by atoms with Gasteiger partial charge in [0, 0.05) is 34.9 Å². The quantitative estimate of drug-likeness (QED) is 0.751. The minimum atomic E-state index is -0.215. The summed E-state index contributed by atoms with van der Waals surface area (Å²) in [7, 11) is 1.52. The van der Waals surface area contributed by atoms with Crippen molar-refractivity contribution in [3.63, 3.8) is 0 Å². The molecular weight excluding hydrogens is 370 g/mol. The van der Waals surface area contributed by atoms with E-state index in [1.54, 1.807) is 18.2 Å². The Morgan fingerprint density at radius 1 is 1.27 bits per heavy atom. The lowest BCUT2D eigenvalue weighted by atomic mass is 10.1. The molecule has 2 aromatic rings. The summed E-state index contributed by atoms with van der Waals surface area (Å²) in [6.45, 7) is 1.72. The van der Waals surface area contributed by atoms with Crippen LogP contribution < -0.4 is 10.1 Å². The van der Waals surface area contributed by atoms with Crippen molar-refractivity contribution in [2.75, 3.05) is 25.6 Å². The van der Waals surface area contributed by atoms with Crippen LogP contribution in [-0.4, -0.2) is 31.5 Å². The molecule has 0 aliphatic carbocycles. The minimum Gasteiger partial charge on any atom is -0.496 e. The van der Waals surface area contributed by atoms with Crippen LogP contribution in [0, 0.1) is 0 Å². The summed E-state index contributed by atoms with van der Waals surface area (Å²) in [6, 6.07) is 13.0. The van der Waals surface area contributed by atoms with E-state index >= 15 is 0 Å². The number of carbonyl (C=O) groups excluding carboxylic acids is 1. The summed E-state index contributed by atoms with van der Waals surface area (Å²) in [5.74, 6) is 1.17. The van der Waals surface area contributed by atoms with Crippen LogP contribution in [0.25, 0.3) is 0 Å². The zero-order chi connectivity index (χ0) is 18.4. The van der Waals surface area contributed by atoms with E-state index in [1.807, 2.05) is 30.0 Å². The normalized spacial score (nSPS) is 14.8. The Balaban J connectivity index is 1.63. The van der Waals surface area contributed by atoms with Crippen LogP contribution in [-0.2, 0) is 10.5 Å². The maximum Gasteiger partial charge on any atom is 0.259 e. The molecule has 1 amide bonds. The van der Waals surface area contributed by atoms with E-state index in [0.29, 0.717) is 21.6 Å². The second-order valence-corrected chi connectivity index (χ2v) is 7.85. The Bertz CT molecular complexity index is 762. The van der Waals surface area contributed by atoms with Gasteiger partial charge in [-0.25, -0.2) is 0 Å². The average molecular weight is 392 g/mol. The first kappa shape index (κ1) is 19.1. The van der Waals surface area contributed by atoms with Gasteiger partial charge in [0.2, 0.25) is 0 Å². The predicted molar refractivity (Wildman–Crippen MR) is 108 cm³/mol. The first-order valence-corrected chi connectivity index (χ1v) is 10.0. The van der Waals surface area contributed by atoms with Crippen molar-refractivity contribution in [3.8, 4) is 5.75 Å². The van der Waals surface area contributed by atoms with Crippen molar-refractivity contribution in [2.24, 2.45) is 0 Å². The summed E-state index contributed by atoms with van der Waals surface area (Å²) < 4.78 is 10.7. The number of hydrogen-bond acceptors (Lipinski definition) is 4. The molecule has 0 atom stereocenters. The number of rotatable bonds is 6. The van der Waals surface area contributed by atoms with Crippen molar-refractivity contribution in [3.05, 3.63) is 58.6 Å². The van der Waals surface area contributed by atoms with E-state index in [9.17, 15) is 4.79 Å². The number of hydrogen-bond donors (Lipinski definition) is 1. The fourth-order valence-electron chi connectivity index (χ4n) is 2.85. The highest BCUT2D eigenvalue weighted by Gasteiger charge is 2.15. The smallest absolute Gasteiger partial charge is 0.259 e. The zero-order valence-electron chi connectivity index (χ0n) is 14.7. The van der Waals surface area contributed by atoms with Crippen molar-refractivity contribution >= 4 is 35.0 Å². The molecule has 1 saturated heterocycles. The third-order valence-electron chi connectivity index (χ3n) is 4.25. The molecule has 1 aliphatic rings.